The van der Waals surface area contributed by atoms with E-state index in [4.69, 9.17) is 4.42 Å². The Labute approximate surface area is 129 Å². The summed E-state index contributed by atoms with van der Waals surface area (Å²) in [6, 6.07) is 6.05. The van der Waals surface area contributed by atoms with Gasteiger partial charge in [0.1, 0.15) is 5.52 Å². The third-order valence-corrected chi connectivity index (χ3v) is 4.94. The Balaban J connectivity index is 1.46. The molecule has 116 valence electrons. The van der Waals surface area contributed by atoms with Gasteiger partial charge in [0.25, 0.3) is 0 Å². The summed E-state index contributed by atoms with van der Waals surface area (Å²) < 4.78 is 5.46. The van der Waals surface area contributed by atoms with Crippen LogP contribution < -0.4 is 10.6 Å². The first-order chi connectivity index (χ1) is 10.7. The summed E-state index contributed by atoms with van der Waals surface area (Å²) in [6.07, 6.45) is 6.01. The average molecular weight is 299 g/mol. The van der Waals surface area contributed by atoms with Crippen LogP contribution >= 0.6 is 0 Å². The molecule has 5 heteroatoms. The molecule has 1 saturated carbocycles. The highest BCUT2D eigenvalue weighted by atomic mass is 16.3. The van der Waals surface area contributed by atoms with Crippen LogP contribution in [0.3, 0.4) is 0 Å². The second-order valence-electron chi connectivity index (χ2n) is 6.51. The predicted molar refractivity (Wildman–Crippen MR) is 84.7 cm³/mol. The fourth-order valence-corrected chi connectivity index (χ4v) is 3.87. The molecule has 2 fully saturated rings. The monoisotopic (exact) mass is 299 g/mol. The molecule has 1 aromatic heterocycles. The molecule has 4 rings (SSSR count). The lowest BCUT2D eigenvalue weighted by molar-refractivity contribution is -0.117. The molecule has 2 N–H and O–H groups in total. The van der Waals surface area contributed by atoms with E-state index in [1.165, 1.54) is 25.7 Å². The number of aryl methyl sites for hydroxylation is 1. The van der Waals surface area contributed by atoms with E-state index in [1.54, 1.807) is 0 Å². The first-order valence-corrected chi connectivity index (χ1v) is 8.13. The number of hydrogen-bond donors (Lipinski definition) is 2. The summed E-state index contributed by atoms with van der Waals surface area (Å²) in [5.41, 5.74) is 2.31. The molecular formula is C17H21N3O2. The number of hydrogen-bond acceptors (Lipinski definition) is 4. The van der Waals surface area contributed by atoms with Crippen LogP contribution in [-0.2, 0) is 4.79 Å². The molecule has 0 bridgehead atoms. The highest BCUT2D eigenvalue weighted by Gasteiger charge is 2.38. The maximum absolute atomic E-state index is 12.5. The Bertz CT molecular complexity index is 695. The Hall–Kier alpha value is -1.88. The van der Waals surface area contributed by atoms with Crippen LogP contribution in [-0.4, -0.2) is 23.0 Å². The molecule has 2 aliphatic rings. The van der Waals surface area contributed by atoms with Gasteiger partial charge in [0.05, 0.1) is 6.04 Å². The summed E-state index contributed by atoms with van der Waals surface area (Å²) in [4.78, 5) is 16.8. The minimum absolute atomic E-state index is 0.0639. The first-order valence-electron chi connectivity index (χ1n) is 8.13. The molecule has 0 radical (unpaired) electrons. The Kier molecular flexibility index (Phi) is 3.37. The van der Waals surface area contributed by atoms with Gasteiger partial charge in [-0.05, 0) is 43.4 Å². The molecule has 1 aliphatic heterocycles. The van der Waals surface area contributed by atoms with Crippen LogP contribution in [0.1, 0.15) is 38.0 Å². The van der Waals surface area contributed by atoms with Crippen molar-refractivity contribution in [1.82, 2.24) is 10.3 Å². The molecule has 1 amide bonds. The fourth-order valence-electron chi connectivity index (χ4n) is 3.87. The summed E-state index contributed by atoms with van der Waals surface area (Å²) in [5, 5.41) is 6.52. The third-order valence-electron chi connectivity index (χ3n) is 4.94. The van der Waals surface area contributed by atoms with Crippen LogP contribution in [0.15, 0.2) is 22.6 Å². The number of aromatic nitrogens is 1. The summed E-state index contributed by atoms with van der Waals surface area (Å²) in [6.45, 7) is 1.82. The number of carbonyl (C=O) groups excluding carboxylic acids is 1. The number of oxazole rings is 1. The fraction of sp³-hybridized carbons (Fsp3) is 0.529. The average Bonchev–Trinajstić information content (AvgIpc) is 3.08. The van der Waals surface area contributed by atoms with Crippen molar-refractivity contribution in [1.29, 1.82) is 0 Å². The number of anilines is 1. The van der Waals surface area contributed by atoms with E-state index >= 15 is 0 Å². The van der Waals surface area contributed by atoms with Gasteiger partial charge in [-0.1, -0.05) is 12.8 Å². The van der Waals surface area contributed by atoms with Crippen LogP contribution in [0, 0.1) is 12.8 Å². The second-order valence-corrected chi connectivity index (χ2v) is 6.51. The van der Waals surface area contributed by atoms with Gasteiger partial charge >= 0.3 is 0 Å². The number of nitrogens with zero attached hydrogens (tertiary/aromatic N) is 1. The zero-order valence-corrected chi connectivity index (χ0v) is 12.8. The largest absolute Gasteiger partial charge is 0.441 e. The van der Waals surface area contributed by atoms with E-state index < -0.39 is 0 Å². The van der Waals surface area contributed by atoms with Crippen LogP contribution in [0.5, 0.6) is 0 Å². The van der Waals surface area contributed by atoms with Crippen LogP contribution in [0.25, 0.3) is 11.1 Å². The number of benzene rings is 1. The van der Waals surface area contributed by atoms with Gasteiger partial charge in [-0.2, -0.15) is 0 Å². The van der Waals surface area contributed by atoms with E-state index in [0.29, 0.717) is 17.9 Å². The molecule has 5 nitrogen and oxygen atoms in total. The van der Waals surface area contributed by atoms with Crippen molar-refractivity contribution in [2.45, 2.75) is 51.1 Å². The Morgan fingerprint density at radius 3 is 3.09 bits per heavy atom. The lowest BCUT2D eigenvalue weighted by Crippen LogP contribution is -2.39. The van der Waals surface area contributed by atoms with Crippen molar-refractivity contribution >= 4 is 22.7 Å². The van der Waals surface area contributed by atoms with Gasteiger partial charge in [0.2, 0.25) is 5.91 Å². The topological polar surface area (TPSA) is 67.2 Å². The molecule has 2 aromatic rings. The predicted octanol–water partition coefficient (Wildman–Crippen LogP) is 3.00. The molecule has 3 atom stereocenters. The van der Waals surface area contributed by atoms with Crippen molar-refractivity contribution < 1.29 is 9.21 Å². The molecule has 2 heterocycles. The van der Waals surface area contributed by atoms with Gasteiger partial charge in [0.15, 0.2) is 11.5 Å². The van der Waals surface area contributed by atoms with Crippen molar-refractivity contribution in [2.75, 3.05) is 5.32 Å². The van der Waals surface area contributed by atoms with Crippen LogP contribution in [0.4, 0.5) is 5.69 Å². The van der Waals surface area contributed by atoms with Gasteiger partial charge in [-0.3, -0.25) is 4.79 Å². The second kappa shape index (κ2) is 5.39. The standard InChI is InChI=1S/C17H21N3O2/c1-10-18-14-9-12(6-7-16(14)22-10)19-17(21)15-8-11-4-2-3-5-13(11)20-15/h6-7,9,11,13,15,20H,2-5,8H2,1H3,(H,19,21). The highest BCUT2D eigenvalue weighted by Crippen LogP contribution is 2.33. The SMILES string of the molecule is Cc1nc2cc(NC(=O)C3CC4CCCCC4N3)ccc2o1. The minimum atomic E-state index is -0.0668. The maximum atomic E-state index is 12.5. The quantitative estimate of drug-likeness (QED) is 0.894. The number of nitrogens with one attached hydrogen (secondary N) is 2. The zero-order chi connectivity index (χ0) is 15.1. The lowest BCUT2D eigenvalue weighted by Gasteiger charge is -2.24. The van der Waals surface area contributed by atoms with E-state index in [9.17, 15) is 4.79 Å². The molecule has 3 unspecified atom stereocenters. The van der Waals surface area contributed by atoms with Gasteiger partial charge in [-0.25, -0.2) is 4.98 Å². The molecule has 1 aliphatic carbocycles. The number of rotatable bonds is 2. The molecule has 1 saturated heterocycles. The van der Waals surface area contributed by atoms with E-state index in [-0.39, 0.29) is 11.9 Å². The third kappa shape index (κ3) is 2.50. The summed E-state index contributed by atoms with van der Waals surface area (Å²) in [5.74, 6) is 1.37. The molecule has 22 heavy (non-hydrogen) atoms. The van der Waals surface area contributed by atoms with Crippen molar-refractivity contribution in [3.05, 3.63) is 24.1 Å². The van der Waals surface area contributed by atoms with Crippen molar-refractivity contribution in [3.8, 4) is 0 Å². The van der Waals surface area contributed by atoms with Gasteiger partial charge in [0, 0.05) is 18.7 Å². The number of amides is 1. The smallest absolute Gasteiger partial charge is 0.241 e. The lowest BCUT2D eigenvalue weighted by atomic mass is 9.85. The Morgan fingerprint density at radius 1 is 1.36 bits per heavy atom. The summed E-state index contributed by atoms with van der Waals surface area (Å²) in [7, 11) is 0. The molecular weight excluding hydrogens is 278 g/mol. The first kappa shape index (κ1) is 13.8. The zero-order valence-electron chi connectivity index (χ0n) is 12.8. The van der Waals surface area contributed by atoms with Crippen molar-refractivity contribution in [2.24, 2.45) is 5.92 Å². The molecule has 1 aromatic carbocycles. The van der Waals surface area contributed by atoms with E-state index in [1.807, 2.05) is 25.1 Å². The van der Waals surface area contributed by atoms with Crippen molar-refractivity contribution in [3.63, 3.8) is 0 Å². The number of carbonyl (C=O) groups is 1. The van der Waals surface area contributed by atoms with Gasteiger partial charge in [-0.15, -0.1) is 0 Å². The van der Waals surface area contributed by atoms with Crippen LogP contribution in [0.2, 0.25) is 0 Å². The van der Waals surface area contributed by atoms with E-state index in [0.717, 1.165) is 23.2 Å². The highest BCUT2D eigenvalue weighted by molar-refractivity contribution is 5.96. The number of fused-ring (bicyclic) bond motifs is 2. The molecule has 0 spiro atoms. The maximum Gasteiger partial charge on any atom is 0.241 e. The summed E-state index contributed by atoms with van der Waals surface area (Å²) >= 11 is 0. The van der Waals surface area contributed by atoms with E-state index in [2.05, 4.69) is 15.6 Å². The minimum Gasteiger partial charge on any atom is -0.441 e. The van der Waals surface area contributed by atoms with Gasteiger partial charge < -0.3 is 15.1 Å². The Morgan fingerprint density at radius 2 is 2.23 bits per heavy atom. The normalized spacial score (nSPS) is 27.8.